The standard InChI is InChI=1S/C53H106N2/c1-4-7-10-13-16-19-22-25-28-29-32-35-38-41-44-47-50-55-52-51-54(49-46-43-40-37-34-31-27-24-21-18-15-12-9-6-3)53(55)48-45-42-39-36-33-30-26-23-20-17-14-11-8-5-2/h51-53H,4-50H2,1-3H3. The summed E-state index contributed by atoms with van der Waals surface area (Å²) in [5, 5.41) is 0. The fourth-order valence-corrected chi connectivity index (χ4v) is 9.19. The van der Waals surface area contributed by atoms with Crippen molar-refractivity contribution in [3.8, 4) is 0 Å². The zero-order valence-electron chi connectivity index (χ0n) is 38.9. The molecule has 1 aliphatic heterocycles. The van der Waals surface area contributed by atoms with Crippen LogP contribution in [0.3, 0.4) is 0 Å². The van der Waals surface area contributed by atoms with Gasteiger partial charge < -0.3 is 9.80 Å². The molecule has 0 N–H and O–H groups in total. The van der Waals surface area contributed by atoms with E-state index in [9.17, 15) is 0 Å². The van der Waals surface area contributed by atoms with E-state index in [1.165, 1.54) is 302 Å². The maximum atomic E-state index is 2.75. The van der Waals surface area contributed by atoms with Crippen molar-refractivity contribution in [2.75, 3.05) is 13.1 Å². The Morgan fingerprint density at radius 3 is 0.636 bits per heavy atom. The first-order chi connectivity index (χ1) is 27.3. The Balaban J connectivity index is 2.19. The van der Waals surface area contributed by atoms with Gasteiger partial charge in [0.2, 0.25) is 0 Å². The maximum Gasteiger partial charge on any atom is 0.101 e. The lowest BCUT2D eigenvalue weighted by atomic mass is 10.0. The van der Waals surface area contributed by atoms with Crippen molar-refractivity contribution in [2.24, 2.45) is 0 Å². The van der Waals surface area contributed by atoms with E-state index in [0.717, 1.165) is 0 Å². The van der Waals surface area contributed by atoms with Crippen LogP contribution in [0.4, 0.5) is 0 Å². The topological polar surface area (TPSA) is 6.48 Å². The molecule has 0 saturated heterocycles. The van der Waals surface area contributed by atoms with Gasteiger partial charge in [-0.15, -0.1) is 0 Å². The lowest BCUT2D eigenvalue weighted by Crippen LogP contribution is -2.39. The molecule has 1 atom stereocenters. The molecule has 0 fully saturated rings. The van der Waals surface area contributed by atoms with Gasteiger partial charge in [-0.2, -0.15) is 0 Å². The second-order valence-corrected chi connectivity index (χ2v) is 18.5. The van der Waals surface area contributed by atoms with E-state index in [1.54, 1.807) is 0 Å². The van der Waals surface area contributed by atoms with Crippen LogP contribution in [0.5, 0.6) is 0 Å². The molecule has 2 nitrogen and oxygen atoms in total. The van der Waals surface area contributed by atoms with E-state index in [2.05, 4.69) is 43.0 Å². The van der Waals surface area contributed by atoms with Crippen molar-refractivity contribution in [2.45, 2.75) is 316 Å². The summed E-state index contributed by atoms with van der Waals surface area (Å²) in [6, 6.07) is 0. The van der Waals surface area contributed by atoms with Crippen molar-refractivity contribution in [3.63, 3.8) is 0 Å². The Bertz CT molecular complexity index is 732. The van der Waals surface area contributed by atoms with E-state index in [1.807, 2.05) is 0 Å². The van der Waals surface area contributed by atoms with Gasteiger partial charge >= 0.3 is 0 Å². The third-order valence-corrected chi connectivity index (χ3v) is 13.1. The van der Waals surface area contributed by atoms with E-state index < -0.39 is 0 Å². The maximum absolute atomic E-state index is 2.75. The van der Waals surface area contributed by atoms with Crippen LogP contribution in [0.1, 0.15) is 310 Å². The molecule has 0 saturated carbocycles. The number of unbranched alkanes of at least 4 members (excludes halogenated alkanes) is 41. The Hall–Kier alpha value is -0.660. The highest BCUT2D eigenvalue weighted by Gasteiger charge is 2.25. The highest BCUT2D eigenvalue weighted by atomic mass is 15.4. The van der Waals surface area contributed by atoms with Crippen molar-refractivity contribution in [1.29, 1.82) is 0 Å². The molecule has 0 spiro atoms. The first-order valence-corrected chi connectivity index (χ1v) is 26.5. The minimum atomic E-state index is 0.635. The lowest BCUT2D eigenvalue weighted by Gasteiger charge is -2.33. The molecule has 55 heavy (non-hydrogen) atoms. The summed E-state index contributed by atoms with van der Waals surface area (Å²) in [5.74, 6) is 0. The number of hydrogen-bond acceptors (Lipinski definition) is 2. The third kappa shape index (κ3) is 36.2. The Labute approximate surface area is 350 Å². The molecule has 0 bridgehead atoms. The van der Waals surface area contributed by atoms with Gasteiger partial charge in [0, 0.05) is 25.5 Å². The first-order valence-electron chi connectivity index (χ1n) is 26.5. The average Bonchev–Trinajstić information content (AvgIpc) is 3.58. The SMILES string of the molecule is CCCCCCCCCCCCCCCCCCN1C=CN(CCCCCCCCCCCCCCCC)C1CCCCCCCCCCCCCCCC. The average molecular weight is 771 g/mol. The molecular formula is C53H106N2. The Kier molecular flexibility index (Phi) is 42.3. The molecule has 1 heterocycles. The molecule has 0 aromatic carbocycles. The zero-order chi connectivity index (χ0) is 39.4. The van der Waals surface area contributed by atoms with Gasteiger partial charge in [0.05, 0.1) is 0 Å². The van der Waals surface area contributed by atoms with Gasteiger partial charge in [0.1, 0.15) is 6.17 Å². The van der Waals surface area contributed by atoms with E-state index >= 15 is 0 Å². The van der Waals surface area contributed by atoms with Crippen LogP contribution in [0, 0.1) is 0 Å². The quantitative estimate of drug-likeness (QED) is 0.0569. The molecule has 0 amide bonds. The van der Waals surface area contributed by atoms with Gasteiger partial charge in [-0.25, -0.2) is 0 Å². The van der Waals surface area contributed by atoms with Gasteiger partial charge in [0.25, 0.3) is 0 Å². The smallest absolute Gasteiger partial charge is 0.101 e. The van der Waals surface area contributed by atoms with Gasteiger partial charge in [-0.05, 0) is 25.7 Å². The Morgan fingerprint density at radius 2 is 0.418 bits per heavy atom. The predicted octanol–water partition coefficient (Wildman–Crippen LogP) is 19.0. The third-order valence-electron chi connectivity index (χ3n) is 13.1. The zero-order valence-corrected chi connectivity index (χ0v) is 38.9. The summed E-state index contributed by atoms with van der Waals surface area (Å²) >= 11 is 0. The van der Waals surface area contributed by atoms with E-state index in [4.69, 9.17) is 0 Å². The van der Waals surface area contributed by atoms with Crippen molar-refractivity contribution >= 4 is 0 Å². The molecule has 0 aromatic heterocycles. The minimum absolute atomic E-state index is 0.635. The summed E-state index contributed by atoms with van der Waals surface area (Å²) in [6.07, 6.45) is 70.8. The fraction of sp³-hybridized carbons (Fsp3) is 0.962. The van der Waals surface area contributed by atoms with Gasteiger partial charge in [-0.3, -0.25) is 0 Å². The van der Waals surface area contributed by atoms with Crippen molar-refractivity contribution in [3.05, 3.63) is 12.4 Å². The molecule has 1 aliphatic rings. The van der Waals surface area contributed by atoms with Crippen LogP contribution < -0.4 is 0 Å². The lowest BCUT2D eigenvalue weighted by molar-refractivity contribution is 0.135. The fourth-order valence-electron chi connectivity index (χ4n) is 9.19. The summed E-state index contributed by atoms with van der Waals surface area (Å²) in [6.45, 7) is 9.50. The monoisotopic (exact) mass is 771 g/mol. The molecule has 0 aromatic rings. The number of hydrogen-bond donors (Lipinski definition) is 0. The van der Waals surface area contributed by atoms with Crippen LogP contribution in [-0.4, -0.2) is 29.1 Å². The van der Waals surface area contributed by atoms with Crippen LogP contribution in [0.2, 0.25) is 0 Å². The highest BCUT2D eigenvalue weighted by Crippen LogP contribution is 2.24. The Morgan fingerprint density at radius 1 is 0.236 bits per heavy atom. The summed E-state index contributed by atoms with van der Waals surface area (Å²) < 4.78 is 0. The molecular weight excluding hydrogens is 665 g/mol. The van der Waals surface area contributed by atoms with Crippen molar-refractivity contribution in [1.82, 2.24) is 9.80 Å². The number of nitrogens with zero attached hydrogens (tertiary/aromatic N) is 2. The van der Waals surface area contributed by atoms with Gasteiger partial charge in [0.15, 0.2) is 0 Å². The van der Waals surface area contributed by atoms with Crippen LogP contribution >= 0.6 is 0 Å². The molecule has 0 radical (unpaired) electrons. The summed E-state index contributed by atoms with van der Waals surface area (Å²) in [7, 11) is 0. The second-order valence-electron chi connectivity index (χ2n) is 18.5. The predicted molar refractivity (Wildman–Crippen MR) is 251 cm³/mol. The molecule has 1 unspecified atom stereocenters. The molecule has 1 rings (SSSR count). The summed E-state index contributed by atoms with van der Waals surface area (Å²) in [4.78, 5) is 5.49. The van der Waals surface area contributed by atoms with Crippen LogP contribution in [0.25, 0.3) is 0 Å². The minimum Gasteiger partial charge on any atom is -0.356 e. The van der Waals surface area contributed by atoms with E-state index in [-0.39, 0.29) is 0 Å². The second kappa shape index (κ2) is 44.4. The first kappa shape index (κ1) is 52.4. The van der Waals surface area contributed by atoms with Gasteiger partial charge in [-0.1, -0.05) is 284 Å². The molecule has 328 valence electrons. The number of rotatable bonds is 47. The molecule has 2 heteroatoms. The van der Waals surface area contributed by atoms with E-state index in [0.29, 0.717) is 6.17 Å². The normalized spacial score (nSPS) is 14.3. The van der Waals surface area contributed by atoms with Crippen LogP contribution in [0.15, 0.2) is 12.4 Å². The van der Waals surface area contributed by atoms with Crippen LogP contribution in [-0.2, 0) is 0 Å². The largest absolute Gasteiger partial charge is 0.356 e. The highest BCUT2D eigenvalue weighted by molar-refractivity contribution is 4.97. The molecule has 0 aliphatic carbocycles. The van der Waals surface area contributed by atoms with Crippen molar-refractivity contribution < 1.29 is 0 Å². The summed E-state index contributed by atoms with van der Waals surface area (Å²) in [5.41, 5.74) is 0.